The van der Waals surface area contributed by atoms with Gasteiger partial charge < -0.3 is 19.5 Å². The van der Waals surface area contributed by atoms with E-state index in [4.69, 9.17) is 25.8 Å². The predicted molar refractivity (Wildman–Crippen MR) is 86.2 cm³/mol. The molecule has 0 saturated heterocycles. The largest absolute Gasteiger partial charge is 0.486 e. The summed E-state index contributed by atoms with van der Waals surface area (Å²) in [6.45, 7) is 1.16. The molecule has 0 radical (unpaired) electrons. The van der Waals surface area contributed by atoms with Crippen molar-refractivity contribution in [3.63, 3.8) is 0 Å². The highest BCUT2D eigenvalue weighted by Crippen LogP contribution is 2.30. The molecule has 3 rings (SSSR count). The van der Waals surface area contributed by atoms with Gasteiger partial charge in [0.2, 0.25) is 0 Å². The lowest BCUT2D eigenvalue weighted by molar-refractivity contribution is -0.123. The van der Waals surface area contributed by atoms with Gasteiger partial charge in [0.25, 0.3) is 5.91 Å². The minimum atomic E-state index is -0.463. The number of rotatable bonds is 5. The zero-order chi connectivity index (χ0) is 16.9. The summed E-state index contributed by atoms with van der Waals surface area (Å²) in [4.78, 5) is 11.8. The van der Waals surface area contributed by atoms with Crippen molar-refractivity contribution >= 4 is 17.5 Å². The molecule has 0 bridgehead atoms. The quantitative estimate of drug-likeness (QED) is 0.900. The Balaban J connectivity index is 1.50. The molecule has 1 amide bonds. The van der Waals surface area contributed by atoms with E-state index in [1.807, 2.05) is 18.2 Å². The van der Waals surface area contributed by atoms with Gasteiger partial charge in [-0.3, -0.25) is 4.79 Å². The van der Waals surface area contributed by atoms with Gasteiger partial charge in [0, 0.05) is 6.54 Å². The fourth-order valence-electron chi connectivity index (χ4n) is 2.18. The summed E-state index contributed by atoms with van der Waals surface area (Å²) in [5, 5.41) is 2.85. The summed E-state index contributed by atoms with van der Waals surface area (Å²) < 4.78 is 29.1. The number of carbonyl (C=O) groups is 1. The molecule has 2 aromatic carbocycles. The fraction of sp³-hybridized carbons (Fsp3) is 0.235. The summed E-state index contributed by atoms with van der Waals surface area (Å²) in [5.74, 6) is 0.848. The molecule has 1 aliphatic rings. The van der Waals surface area contributed by atoms with Crippen LogP contribution in [0.1, 0.15) is 5.56 Å². The summed E-state index contributed by atoms with van der Waals surface area (Å²) in [7, 11) is 0. The van der Waals surface area contributed by atoms with Gasteiger partial charge in [-0.1, -0.05) is 17.7 Å². The third-order valence-electron chi connectivity index (χ3n) is 3.35. The molecular weight excluding hydrogens is 337 g/mol. The van der Waals surface area contributed by atoms with Crippen molar-refractivity contribution in [1.82, 2.24) is 5.32 Å². The lowest BCUT2D eigenvalue weighted by Gasteiger charge is -2.19. The monoisotopic (exact) mass is 351 g/mol. The van der Waals surface area contributed by atoms with Gasteiger partial charge in [-0.05, 0) is 35.9 Å². The Hall–Kier alpha value is -2.47. The van der Waals surface area contributed by atoms with E-state index in [9.17, 15) is 9.18 Å². The van der Waals surface area contributed by atoms with Crippen LogP contribution in [0, 0.1) is 5.82 Å². The molecule has 0 aromatic heterocycles. The SMILES string of the molecule is O=C(COc1ccc(F)cc1Cl)NCc1ccc2c(c1)OCCO2. The Morgan fingerprint density at radius 1 is 1.17 bits per heavy atom. The number of benzene rings is 2. The Morgan fingerprint density at radius 2 is 1.96 bits per heavy atom. The Kier molecular flexibility index (Phi) is 5.05. The van der Waals surface area contributed by atoms with Crippen LogP contribution in [0.3, 0.4) is 0 Å². The molecule has 0 fully saturated rings. The zero-order valence-electron chi connectivity index (χ0n) is 12.7. The van der Waals surface area contributed by atoms with E-state index < -0.39 is 5.82 Å². The third-order valence-corrected chi connectivity index (χ3v) is 3.64. The second-order valence-electron chi connectivity index (χ2n) is 5.12. The average Bonchev–Trinajstić information content (AvgIpc) is 2.59. The normalized spacial score (nSPS) is 12.6. The lowest BCUT2D eigenvalue weighted by Crippen LogP contribution is -2.28. The van der Waals surface area contributed by atoms with Crippen LogP contribution in [0.25, 0.3) is 0 Å². The summed E-state index contributed by atoms with van der Waals surface area (Å²) in [5.41, 5.74) is 0.882. The van der Waals surface area contributed by atoms with Crippen LogP contribution in [0.5, 0.6) is 17.2 Å². The van der Waals surface area contributed by atoms with Gasteiger partial charge in [0.05, 0.1) is 5.02 Å². The van der Waals surface area contributed by atoms with Gasteiger partial charge >= 0.3 is 0 Å². The zero-order valence-corrected chi connectivity index (χ0v) is 13.4. The standard InChI is InChI=1S/C17H15ClFNO4/c18-13-8-12(19)2-4-14(13)24-10-17(21)20-9-11-1-3-15-16(7-11)23-6-5-22-15/h1-4,7-8H,5-6,9-10H2,(H,20,21). The van der Waals surface area contributed by atoms with Crippen molar-refractivity contribution in [1.29, 1.82) is 0 Å². The summed E-state index contributed by atoms with van der Waals surface area (Å²) in [6.07, 6.45) is 0. The number of hydrogen-bond acceptors (Lipinski definition) is 4. The van der Waals surface area contributed by atoms with Crippen molar-refractivity contribution in [2.45, 2.75) is 6.54 Å². The van der Waals surface area contributed by atoms with E-state index in [1.165, 1.54) is 12.1 Å². The topological polar surface area (TPSA) is 56.8 Å². The first-order valence-corrected chi connectivity index (χ1v) is 7.73. The number of nitrogens with one attached hydrogen (secondary N) is 1. The first-order chi connectivity index (χ1) is 11.6. The predicted octanol–water partition coefficient (Wildman–Crippen LogP) is 2.95. The van der Waals surface area contributed by atoms with Gasteiger partial charge in [-0.2, -0.15) is 0 Å². The van der Waals surface area contributed by atoms with Crippen LogP contribution < -0.4 is 19.5 Å². The van der Waals surface area contributed by atoms with Crippen molar-refractivity contribution in [3.05, 3.63) is 52.8 Å². The number of halogens is 2. The number of fused-ring (bicyclic) bond motifs is 1. The Labute approximate surface area is 143 Å². The molecule has 0 atom stereocenters. The molecular formula is C17H15ClFNO4. The molecule has 0 aliphatic carbocycles. The maximum Gasteiger partial charge on any atom is 0.258 e. The van der Waals surface area contributed by atoms with Crippen molar-refractivity contribution < 1.29 is 23.4 Å². The average molecular weight is 352 g/mol. The molecule has 5 nitrogen and oxygen atoms in total. The molecule has 24 heavy (non-hydrogen) atoms. The third kappa shape index (κ3) is 4.08. The summed E-state index contributed by atoms with van der Waals surface area (Å²) in [6, 6.07) is 9.22. The highest BCUT2D eigenvalue weighted by atomic mass is 35.5. The van der Waals surface area contributed by atoms with Crippen molar-refractivity contribution in [2.75, 3.05) is 19.8 Å². The maximum atomic E-state index is 12.9. The first kappa shape index (κ1) is 16.4. The Morgan fingerprint density at radius 3 is 2.75 bits per heavy atom. The highest BCUT2D eigenvalue weighted by Gasteiger charge is 2.12. The molecule has 1 aliphatic heterocycles. The van der Waals surface area contributed by atoms with Crippen molar-refractivity contribution in [2.24, 2.45) is 0 Å². The van der Waals surface area contributed by atoms with Gasteiger partial charge in [-0.25, -0.2) is 4.39 Å². The fourth-order valence-corrected chi connectivity index (χ4v) is 2.41. The number of ether oxygens (including phenoxy) is 3. The van der Waals surface area contributed by atoms with E-state index in [2.05, 4.69) is 5.32 Å². The van der Waals surface area contributed by atoms with Crippen LogP contribution >= 0.6 is 11.6 Å². The Bertz CT molecular complexity index is 753. The minimum Gasteiger partial charge on any atom is -0.486 e. The van der Waals surface area contributed by atoms with Crippen LogP contribution in [-0.4, -0.2) is 25.7 Å². The molecule has 1 heterocycles. The second kappa shape index (κ2) is 7.40. The van der Waals surface area contributed by atoms with Crippen LogP contribution in [0.4, 0.5) is 4.39 Å². The molecule has 2 aromatic rings. The van der Waals surface area contributed by atoms with E-state index in [0.29, 0.717) is 31.3 Å². The molecule has 7 heteroatoms. The second-order valence-corrected chi connectivity index (χ2v) is 5.53. The van der Waals surface area contributed by atoms with Crippen molar-refractivity contribution in [3.8, 4) is 17.2 Å². The maximum absolute atomic E-state index is 12.9. The van der Waals surface area contributed by atoms with E-state index in [-0.39, 0.29) is 23.3 Å². The minimum absolute atomic E-state index is 0.120. The van der Waals surface area contributed by atoms with E-state index in [1.54, 1.807) is 0 Å². The lowest BCUT2D eigenvalue weighted by atomic mass is 10.2. The molecule has 0 spiro atoms. The van der Waals surface area contributed by atoms with E-state index >= 15 is 0 Å². The molecule has 1 N–H and O–H groups in total. The van der Waals surface area contributed by atoms with Crippen LogP contribution in [0.2, 0.25) is 5.02 Å². The number of amides is 1. The van der Waals surface area contributed by atoms with E-state index in [0.717, 1.165) is 11.6 Å². The van der Waals surface area contributed by atoms with Crippen LogP contribution in [-0.2, 0) is 11.3 Å². The van der Waals surface area contributed by atoms with Crippen LogP contribution in [0.15, 0.2) is 36.4 Å². The molecule has 0 unspecified atom stereocenters. The number of carbonyl (C=O) groups excluding carboxylic acids is 1. The summed E-state index contributed by atoms with van der Waals surface area (Å²) >= 11 is 5.83. The highest BCUT2D eigenvalue weighted by molar-refractivity contribution is 6.32. The van der Waals surface area contributed by atoms with Gasteiger partial charge in [-0.15, -0.1) is 0 Å². The van der Waals surface area contributed by atoms with Gasteiger partial charge in [0.15, 0.2) is 18.1 Å². The molecule has 0 saturated carbocycles. The molecule has 126 valence electrons. The smallest absolute Gasteiger partial charge is 0.258 e. The van der Waals surface area contributed by atoms with Gasteiger partial charge in [0.1, 0.15) is 24.8 Å². The number of hydrogen-bond donors (Lipinski definition) is 1. The first-order valence-electron chi connectivity index (χ1n) is 7.35.